The maximum Gasteiger partial charge on any atom is 0.266 e. The standard InChI is InChI=1S/C15H9N3O2S/c1-8-6-7-11-12(17-21-16-11)13(8)18-14(19)9-4-2-3-5-10(9)15(18)20/h2-7H,1H3. The van der Waals surface area contributed by atoms with Crippen molar-refractivity contribution in [2.75, 3.05) is 4.90 Å². The molecule has 1 aliphatic rings. The quantitative estimate of drug-likeness (QED) is 0.648. The van der Waals surface area contributed by atoms with Crippen LogP contribution in [0.4, 0.5) is 5.69 Å². The lowest BCUT2D eigenvalue weighted by atomic mass is 10.1. The molecule has 0 atom stereocenters. The predicted octanol–water partition coefficient (Wildman–Crippen LogP) is 2.80. The van der Waals surface area contributed by atoms with Crippen molar-refractivity contribution in [3.05, 3.63) is 53.1 Å². The zero-order chi connectivity index (χ0) is 14.6. The van der Waals surface area contributed by atoms with Crippen LogP contribution in [0.1, 0.15) is 26.3 Å². The Balaban J connectivity index is 1.99. The van der Waals surface area contributed by atoms with Crippen LogP contribution in [0, 0.1) is 6.92 Å². The number of hydrogen-bond donors (Lipinski definition) is 0. The van der Waals surface area contributed by atoms with Crippen LogP contribution in [0.3, 0.4) is 0 Å². The summed E-state index contributed by atoms with van der Waals surface area (Å²) < 4.78 is 8.41. The molecule has 0 bridgehead atoms. The number of aromatic nitrogens is 2. The van der Waals surface area contributed by atoms with Gasteiger partial charge in [0.05, 0.1) is 28.5 Å². The summed E-state index contributed by atoms with van der Waals surface area (Å²) in [6.07, 6.45) is 0. The summed E-state index contributed by atoms with van der Waals surface area (Å²) >= 11 is 1.07. The van der Waals surface area contributed by atoms with E-state index in [1.54, 1.807) is 24.3 Å². The van der Waals surface area contributed by atoms with Crippen LogP contribution in [-0.2, 0) is 0 Å². The van der Waals surface area contributed by atoms with Crippen LogP contribution in [0.25, 0.3) is 11.0 Å². The molecule has 0 unspecified atom stereocenters. The van der Waals surface area contributed by atoms with Gasteiger partial charge in [-0.3, -0.25) is 9.59 Å². The van der Waals surface area contributed by atoms with Gasteiger partial charge >= 0.3 is 0 Å². The summed E-state index contributed by atoms with van der Waals surface area (Å²) in [4.78, 5) is 26.4. The Morgan fingerprint density at radius 1 is 0.952 bits per heavy atom. The Hall–Kier alpha value is -2.60. The van der Waals surface area contributed by atoms with Crippen LogP contribution in [-0.4, -0.2) is 20.6 Å². The Bertz CT molecular complexity index is 881. The highest BCUT2D eigenvalue weighted by Gasteiger charge is 2.38. The van der Waals surface area contributed by atoms with E-state index in [2.05, 4.69) is 8.75 Å². The van der Waals surface area contributed by atoms with Gasteiger partial charge in [-0.1, -0.05) is 18.2 Å². The van der Waals surface area contributed by atoms with Gasteiger partial charge in [-0.25, -0.2) is 4.90 Å². The van der Waals surface area contributed by atoms with Gasteiger partial charge in [0.25, 0.3) is 11.8 Å². The van der Waals surface area contributed by atoms with Crippen molar-refractivity contribution in [2.24, 2.45) is 0 Å². The molecule has 0 spiro atoms. The van der Waals surface area contributed by atoms with E-state index < -0.39 is 0 Å². The predicted molar refractivity (Wildman–Crippen MR) is 79.7 cm³/mol. The first-order valence-electron chi connectivity index (χ1n) is 6.38. The largest absolute Gasteiger partial charge is 0.268 e. The van der Waals surface area contributed by atoms with E-state index in [9.17, 15) is 9.59 Å². The minimum Gasteiger partial charge on any atom is -0.268 e. The molecule has 2 aromatic carbocycles. The summed E-state index contributed by atoms with van der Waals surface area (Å²) in [5, 5.41) is 0. The molecule has 6 heteroatoms. The Morgan fingerprint density at radius 2 is 1.62 bits per heavy atom. The van der Waals surface area contributed by atoms with Gasteiger partial charge in [0.1, 0.15) is 11.0 Å². The maximum absolute atomic E-state index is 12.6. The lowest BCUT2D eigenvalue weighted by molar-refractivity contribution is 0.0926. The summed E-state index contributed by atoms with van der Waals surface area (Å²) in [6, 6.07) is 10.5. The molecule has 5 nitrogen and oxygen atoms in total. The molecule has 0 saturated heterocycles. The molecule has 2 heterocycles. The average molecular weight is 295 g/mol. The van der Waals surface area contributed by atoms with Crippen LogP contribution < -0.4 is 4.90 Å². The van der Waals surface area contributed by atoms with Gasteiger partial charge in [-0.15, -0.1) is 0 Å². The zero-order valence-electron chi connectivity index (χ0n) is 11.0. The van der Waals surface area contributed by atoms with E-state index in [1.807, 2.05) is 19.1 Å². The summed E-state index contributed by atoms with van der Waals surface area (Å²) in [5.41, 5.74) is 3.51. The van der Waals surface area contributed by atoms with Crippen molar-refractivity contribution in [3.63, 3.8) is 0 Å². The Labute approximate surface area is 124 Å². The fourth-order valence-electron chi connectivity index (χ4n) is 2.61. The first-order chi connectivity index (χ1) is 10.2. The van der Waals surface area contributed by atoms with E-state index in [4.69, 9.17) is 0 Å². The fraction of sp³-hybridized carbons (Fsp3) is 0.0667. The molecule has 0 fully saturated rings. The number of imide groups is 1. The third kappa shape index (κ3) is 1.56. The normalized spacial score (nSPS) is 14.0. The van der Waals surface area contributed by atoms with Gasteiger partial charge in [0.2, 0.25) is 0 Å². The molecule has 0 aliphatic carbocycles. The summed E-state index contributed by atoms with van der Waals surface area (Å²) in [5.74, 6) is -0.613. The van der Waals surface area contributed by atoms with Crippen molar-refractivity contribution in [1.29, 1.82) is 0 Å². The topological polar surface area (TPSA) is 63.2 Å². The lowest BCUT2D eigenvalue weighted by Crippen LogP contribution is -2.30. The zero-order valence-corrected chi connectivity index (χ0v) is 11.8. The molecule has 21 heavy (non-hydrogen) atoms. The highest BCUT2D eigenvalue weighted by atomic mass is 32.1. The molecular weight excluding hydrogens is 286 g/mol. The monoisotopic (exact) mass is 295 g/mol. The number of carbonyl (C=O) groups excluding carboxylic acids is 2. The lowest BCUT2D eigenvalue weighted by Gasteiger charge is -2.16. The van der Waals surface area contributed by atoms with Crippen LogP contribution in [0.15, 0.2) is 36.4 Å². The van der Waals surface area contributed by atoms with E-state index in [0.717, 1.165) is 17.3 Å². The third-order valence-electron chi connectivity index (χ3n) is 3.62. The molecule has 0 saturated carbocycles. The van der Waals surface area contributed by atoms with E-state index >= 15 is 0 Å². The second-order valence-electron chi connectivity index (χ2n) is 4.85. The Kier molecular flexibility index (Phi) is 2.43. The molecule has 4 rings (SSSR count). The van der Waals surface area contributed by atoms with E-state index in [-0.39, 0.29) is 11.8 Å². The maximum atomic E-state index is 12.6. The van der Waals surface area contributed by atoms with Crippen molar-refractivity contribution >= 4 is 40.3 Å². The number of aryl methyl sites for hydroxylation is 1. The number of rotatable bonds is 1. The molecule has 102 valence electrons. The second kappa shape index (κ2) is 4.20. The van der Waals surface area contributed by atoms with Gasteiger partial charge in [0.15, 0.2) is 0 Å². The van der Waals surface area contributed by atoms with Crippen LogP contribution in [0.5, 0.6) is 0 Å². The molecule has 3 aromatic rings. The molecule has 1 aromatic heterocycles. The van der Waals surface area contributed by atoms with Crippen LogP contribution in [0.2, 0.25) is 0 Å². The second-order valence-corrected chi connectivity index (χ2v) is 5.38. The van der Waals surface area contributed by atoms with Gasteiger partial charge in [0, 0.05) is 0 Å². The average Bonchev–Trinajstić information content (AvgIpc) is 3.06. The Morgan fingerprint density at radius 3 is 2.29 bits per heavy atom. The molecule has 2 amide bonds. The number of hydrogen-bond acceptors (Lipinski definition) is 5. The smallest absolute Gasteiger partial charge is 0.266 e. The van der Waals surface area contributed by atoms with Gasteiger partial charge < -0.3 is 0 Å². The first-order valence-corrected chi connectivity index (χ1v) is 7.11. The summed E-state index contributed by atoms with van der Waals surface area (Å²) in [6.45, 7) is 1.86. The SMILES string of the molecule is Cc1ccc2nsnc2c1N1C(=O)c2ccccc2C1=O. The van der Waals surface area contributed by atoms with E-state index in [0.29, 0.717) is 27.8 Å². The first kappa shape index (κ1) is 12.2. The highest BCUT2D eigenvalue weighted by molar-refractivity contribution is 7.00. The number of nitrogens with zero attached hydrogens (tertiary/aromatic N) is 3. The minimum atomic E-state index is -0.306. The highest BCUT2D eigenvalue weighted by Crippen LogP contribution is 2.35. The van der Waals surface area contributed by atoms with Gasteiger partial charge in [-0.2, -0.15) is 8.75 Å². The molecule has 0 radical (unpaired) electrons. The van der Waals surface area contributed by atoms with Crippen molar-refractivity contribution in [3.8, 4) is 0 Å². The van der Waals surface area contributed by atoms with E-state index in [1.165, 1.54) is 4.90 Å². The third-order valence-corrected chi connectivity index (χ3v) is 4.16. The molecule has 1 aliphatic heterocycles. The van der Waals surface area contributed by atoms with Crippen molar-refractivity contribution in [1.82, 2.24) is 8.75 Å². The molecular formula is C15H9N3O2S. The fourth-order valence-corrected chi connectivity index (χ4v) is 3.15. The number of amides is 2. The molecule has 0 N–H and O–H groups in total. The van der Waals surface area contributed by atoms with Gasteiger partial charge in [-0.05, 0) is 30.7 Å². The minimum absolute atomic E-state index is 0.306. The number of carbonyl (C=O) groups is 2. The number of fused-ring (bicyclic) bond motifs is 2. The number of anilines is 1. The summed E-state index contributed by atoms with van der Waals surface area (Å²) in [7, 11) is 0. The number of benzene rings is 2. The van der Waals surface area contributed by atoms with Crippen LogP contribution >= 0.6 is 11.7 Å². The van der Waals surface area contributed by atoms with Crippen molar-refractivity contribution in [2.45, 2.75) is 6.92 Å². The van der Waals surface area contributed by atoms with Crippen molar-refractivity contribution < 1.29 is 9.59 Å².